The van der Waals surface area contributed by atoms with E-state index in [1.807, 2.05) is 26.2 Å². The van der Waals surface area contributed by atoms with Gasteiger partial charge in [-0.25, -0.2) is 0 Å². The van der Waals surface area contributed by atoms with E-state index in [2.05, 4.69) is 52.9 Å². The van der Waals surface area contributed by atoms with Crippen LogP contribution in [-0.4, -0.2) is 19.0 Å². The normalized spacial score (nSPS) is 14.7. The molecule has 0 aliphatic heterocycles. The van der Waals surface area contributed by atoms with Crippen molar-refractivity contribution in [2.45, 2.75) is 19.9 Å². The van der Waals surface area contributed by atoms with Crippen LogP contribution in [0, 0.1) is 23.2 Å². The highest BCUT2D eigenvalue weighted by Crippen LogP contribution is 2.32. The Morgan fingerprint density at radius 2 is 1.71 bits per heavy atom. The SMILES string of the molecule is CC(C)C(C#N)C(c1ccc(Br)cc1)N(C)C. The van der Waals surface area contributed by atoms with E-state index < -0.39 is 0 Å². The van der Waals surface area contributed by atoms with Gasteiger partial charge in [-0.2, -0.15) is 5.26 Å². The van der Waals surface area contributed by atoms with Crippen molar-refractivity contribution in [3.8, 4) is 6.07 Å². The maximum absolute atomic E-state index is 9.35. The minimum atomic E-state index is 0.00572. The molecule has 0 saturated heterocycles. The Morgan fingerprint density at radius 3 is 2.06 bits per heavy atom. The molecule has 1 rings (SSSR count). The van der Waals surface area contributed by atoms with E-state index in [9.17, 15) is 5.26 Å². The van der Waals surface area contributed by atoms with Crippen LogP contribution in [0.5, 0.6) is 0 Å². The van der Waals surface area contributed by atoms with E-state index in [0.717, 1.165) is 4.47 Å². The molecule has 0 aromatic heterocycles. The molecule has 2 unspecified atom stereocenters. The lowest BCUT2D eigenvalue weighted by Crippen LogP contribution is -2.29. The predicted octanol–water partition coefficient (Wildman–Crippen LogP) is 3.85. The summed E-state index contributed by atoms with van der Waals surface area (Å²) in [5, 5.41) is 9.35. The van der Waals surface area contributed by atoms with Crippen molar-refractivity contribution in [3.63, 3.8) is 0 Å². The largest absolute Gasteiger partial charge is 0.301 e. The van der Waals surface area contributed by atoms with E-state index in [0.29, 0.717) is 5.92 Å². The number of hydrogen-bond acceptors (Lipinski definition) is 2. The fourth-order valence-corrected chi connectivity index (χ4v) is 2.34. The van der Waals surface area contributed by atoms with Crippen LogP contribution >= 0.6 is 15.9 Å². The van der Waals surface area contributed by atoms with Crippen LogP contribution in [0.25, 0.3) is 0 Å². The molecular weight excluding hydrogens is 276 g/mol. The number of benzene rings is 1. The lowest BCUT2D eigenvalue weighted by atomic mass is 9.85. The molecule has 0 saturated carbocycles. The van der Waals surface area contributed by atoms with Crippen molar-refractivity contribution in [2.24, 2.45) is 11.8 Å². The first-order valence-corrected chi connectivity index (χ1v) is 6.58. The fourth-order valence-electron chi connectivity index (χ4n) is 2.07. The lowest BCUT2D eigenvalue weighted by Gasteiger charge is -2.31. The second kappa shape index (κ2) is 6.18. The molecular formula is C14H19BrN2. The Balaban J connectivity index is 3.09. The summed E-state index contributed by atoms with van der Waals surface area (Å²) in [5.74, 6) is 0.349. The summed E-state index contributed by atoms with van der Waals surface area (Å²) in [6.07, 6.45) is 0. The summed E-state index contributed by atoms with van der Waals surface area (Å²) < 4.78 is 1.07. The van der Waals surface area contributed by atoms with Crippen LogP contribution < -0.4 is 0 Å². The number of hydrogen-bond donors (Lipinski definition) is 0. The summed E-state index contributed by atoms with van der Waals surface area (Å²) >= 11 is 3.44. The van der Waals surface area contributed by atoms with E-state index in [1.54, 1.807) is 0 Å². The standard InChI is InChI=1S/C14H19BrN2/c1-10(2)13(9-16)14(17(3)4)11-5-7-12(15)8-6-11/h5-8,10,13-14H,1-4H3. The van der Waals surface area contributed by atoms with Gasteiger partial charge in [0.05, 0.1) is 18.0 Å². The van der Waals surface area contributed by atoms with E-state index in [-0.39, 0.29) is 12.0 Å². The smallest absolute Gasteiger partial charge is 0.0683 e. The highest BCUT2D eigenvalue weighted by molar-refractivity contribution is 9.10. The predicted molar refractivity (Wildman–Crippen MR) is 74.5 cm³/mol. The van der Waals surface area contributed by atoms with Gasteiger partial charge < -0.3 is 4.90 Å². The summed E-state index contributed by atoms with van der Waals surface area (Å²) in [5.41, 5.74) is 1.19. The molecule has 0 heterocycles. The zero-order chi connectivity index (χ0) is 13.0. The van der Waals surface area contributed by atoms with Crippen LogP contribution in [0.15, 0.2) is 28.7 Å². The minimum Gasteiger partial charge on any atom is -0.301 e. The molecule has 0 aliphatic rings. The first-order valence-electron chi connectivity index (χ1n) is 5.79. The number of nitrogens with zero attached hydrogens (tertiary/aromatic N) is 2. The number of nitriles is 1. The van der Waals surface area contributed by atoms with Crippen molar-refractivity contribution in [3.05, 3.63) is 34.3 Å². The molecule has 1 aromatic rings. The van der Waals surface area contributed by atoms with E-state index in [4.69, 9.17) is 0 Å². The van der Waals surface area contributed by atoms with Gasteiger partial charge in [-0.1, -0.05) is 41.9 Å². The van der Waals surface area contributed by atoms with Gasteiger partial charge in [-0.05, 0) is 37.7 Å². The molecule has 17 heavy (non-hydrogen) atoms. The van der Waals surface area contributed by atoms with Crippen molar-refractivity contribution < 1.29 is 0 Å². The van der Waals surface area contributed by atoms with Crippen molar-refractivity contribution >= 4 is 15.9 Å². The monoisotopic (exact) mass is 294 g/mol. The Morgan fingerprint density at radius 1 is 1.18 bits per heavy atom. The molecule has 2 nitrogen and oxygen atoms in total. The molecule has 0 spiro atoms. The van der Waals surface area contributed by atoms with Crippen molar-refractivity contribution in [2.75, 3.05) is 14.1 Å². The van der Waals surface area contributed by atoms with Crippen LogP contribution in [-0.2, 0) is 0 Å². The summed E-state index contributed by atoms with van der Waals surface area (Å²) in [6, 6.07) is 10.8. The zero-order valence-electron chi connectivity index (χ0n) is 10.8. The average molecular weight is 295 g/mol. The number of rotatable bonds is 4. The lowest BCUT2D eigenvalue weighted by molar-refractivity contribution is 0.210. The van der Waals surface area contributed by atoms with Gasteiger partial charge in [0, 0.05) is 4.47 Å². The second-order valence-electron chi connectivity index (χ2n) is 4.86. The minimum absolute atomic E-state index is 0.00572. The molecule has 92 valence electrons. The second-order valence-corrected chi connectivity index (χ2v) is 5.77. The first kappa shape index (κ1) is 14.2. The zero-order valence-corrected chi connectivity index (χ0v) is 12.4. The van der Waals surface area contributed by atoms with Crippen LogP contribution in [0.4, 0.5) is 0 Å². The third kappa shape index (κ3) is 3.55. The maximum Gasteiger partial charge on any atom is 0.0683 e. The van der Waals surface area contributed by atoms with Gasteiger partial charge in [0.25, 0.3) is 0 Å². The summed E-state index contributed by atoms with van der Waals surface area (Å²) in [7, 11) is 4.05. The molecule has 3 heteroatoms. The molecule has 1 aromatic carbocycles. The molecule has 2 atom stereocenters. The topological polar surface area (TPSA) is 27.0 Å². The highest BCUT2D eigenvalue weighted by atomic mass is 79.9. The maximum atomic E-state index is 9.35. The Kier molecular flexibility index (Phi) is 5.17. The number of halogens is 1. The molecule has 0 N–H and O–H groups in total. The van der Waals surface area contributed by atoms with E-state index in [1.165, 1.54) is 5.56 Å². The molecule has 0 fully saturated rings. The Bertz CT molecular complexity index is 390. The van der Waals surface area contributed by atoms with E-state index >= 15 is 0 Å². The summed E-state index contributed by atoms with van der Waals surface area (Å²) in [4.78, 5) is 2.12. The quantitative estimate of drug-likeness (QED) is 0.843. The van der Waals surface area contributed by atoms with Gasteiger partial charge >= 0.3 is 0 Å². The first-order chi connectivity index (χ1) is 7.97. The molecule has 0 radical (unpaired) electrons. The molecule has 0 bridgehead atoms. The molecule has 0 amide bonds. The van der Waals surface area contributed by atoms with Gasteiger partial charge in [-0.15, -0.1) is 0 Å². The fraction of sp³-hybridized carbons (Fsp3) is 0.500. The third-order valence-electron chi connectivity index (χ3n) is 2.98. The molecule has 0 aliphatic carbocycles. The van der Waals surface area contributed by atoms with Crippen molar-refractivity contribution in [1.29, 1.82) is 5.26 Å². The highest BCUT2D eigenvalue weighted by Gasteiger charge is 2.27. The average Bonchev–Trinajstić information content (AvgIpc) is 2.26. The Hall–Kier alpha value is -0.850. The van der Waals surface area contributed by atoms with Crippen molar-refractivity contribution in [1.82, 2.24) is 4.90 Å². The third-order valence-corrected chi connectivity index (χ3v) is 3.50. The van der Waals surface area contributed by atoms with Crippen LogP contribution in [0.3, 0.4) is 0 Å². The van der Waals surface area contributed by atoms with Gasteiger partial charge in [-0.3, -0.25) is 0 Å². The van der Waals surface area contributed by atoms with Gasteiger partial charge in [0.1, 0.15) is 0 Å². The van der Waals surface area contributed by atoms with Crippen LogP contribution in [0.2, 0.25) is 0 Å². The van der Waals surface area contributed by atoms with Gasteiger partial charge in [0.2, 0.25) is 0 Å². The van der Waals surface area contributed by atoms with Crippen LogP contribution in [0.1, 0.15) is 25.5 Å². The Labute approximate surface area is 112 Å². The van der Waals surface area contributed by atoms with Gasteiger partial charge in [0.15, 0.2) is 0 Å². The summed E-state index contributed by atoms with van der Waals surface area (Å²) in [6.45, 7) is 4.20.